The molecule has 3 heteroatoms. The third-order valence-corrected chi connectivity index (χ3v) is 3.16. The molecule has 0 amide bonds. The fourth-order valence-corrected chi connectivity index (χ4v) is 2.24. The molecule has 0 saturated carbocycles. The van der Waals surface area contributed by atoms with Gasteiger partial charge in [-0.05, 0) is 24.3 Å². The van der Waals surface area contributed by atoms with Crippen molar-refractivity contribution in [3.8, 4) is 33.9 Å². The molecule has 0 fully saturated rings. The molecule has 0 atom stereocenters. The summed E-state index contributed by atoms with van der Waals surface area (Å²) in [6.45, 7) is 0. The van der Waals surface area contributed by atoms with Crippen LogP contribution in [0.3, 0.4) is 0 Å². The minimum Gasteiger partial charge on any atom is -0.507 e. The average Bonchev–Trinajstić information content (AvgIpc) is 2.49. The molecule has 1 heterocycles. The van der Waals surface area contributed by atoms with Gasteiger partial charge in [0.25, 0.3) is 0 Å². The molecule has 3 nitrogen and oxygen atoms in total. The van der Waals surface area contributed by atoms with E-state index in [-0.39, 0.29) is 11.5 Å². The second kappa shape index (κ2) is 5.05. The summed E-state index contributed by atoms with van der Waals surface area (Å²) in [6, 6.07) is 17.8. The Kier molecular flexibility index (Phi) is 3.09. The Morgan fingerprint density at radius 1 is 0.650 bits per heavy atom. The Morgan fingerprint density at radius 2 is 1.35 bits per heavy atom. The third-order valence-electron chi connectivity index (χ3n) is 3.16. The summed E-state index contributed by atoms with van der Waals surface area (Å²) in [7, 11) is 0. The van der Waals surface area contributed by atoms with E-state index in [1.54, 1.807) is 36.5 Å². The SMILES string of the molecule is Oc1ccccc1-c1c(O)cccc1-c1ccccn1. The van der Waals surface area contributed by atoms with Gasteiger partial charge in [0.1, 0.15) is 11.5 Å². The first kappa shape index (κ1) is 12.2. The zero-order valence-electron chi connectivity index (χ0n) is 10.7. The van der Waals surface area contributed by atoms with Crippen LogP contribution in [0.2, 0.25) is 0 Å². The van der Waals surface area contributed by atoms with Gasteiger partial charge in [-0.3, -0.25) is 4.98 Å². The van der Waals surface area contributed by atoms with Crippen LogP contribution in [0.4, 0.5) is 0 Å². The predicted molar refractivity (Wildman–Crippen MR) is 78.4 cm³/mol. The monoisotopic (exact) mass is 263 g/mol. The van der Waals surface area contributed by atoms with Crippen molar-refractivity contribution < 1.29 is 10.2 Å². The Bertz CT molecular complexity index is 739. The molecular weight excluding hydrogens is 250 g/mol. The number of para-hydroxylation sites is 1. The lowest BCUT2D eigenvalue weighted by atomic mass is 9.95. The van der Waals surface area contributed by atoms with Gasteiger partial charge in [0, 0.05) is 22.9 Å². The molecule has 0 aliphatic carbocycles. The lowest BCUT2D eigenvalue weighted by Crippen LogP contribution is -1.88. The largest absolute Gasteiger partial charge is 0.507 e. The molecule has 98 valence electrons. The summed E-state index contributed by atoms with van der Waals surface area (Å²) < 4.78 is 0. The number of aromatic nitrogens is 1. The maximum Gasteiger partial charge on any atom is 0.124 e. The van der Waals surface area contributed by atoms with Crippen molar-refractivity contribution in [3.63, 3.8) is 0 Å². The second-order valence-corrected chi connectivity index (χ2v) is 4.43. The van der Waals surface area contributed by atoms with E-state index in [2.05, 4.69) is 4.98 Å². The predicted octanol–water partition coefficient (Wildman–Crippen LogP) is 3.83. The van der Waals surface area contributed by atoms with E-state index in [0.29, 0.717) is 11.1 Å². The minimum atomic E-state index is 0.120. The fourth-order valence-electron chi connectivity index (χ4n) is 2.24. The number of rotatable bonds is 2. The Hall–Kier alpha value is -2.81. The Balaban J connectivity index is 2.29. The van der Waals surface area contributed by atoms with Gasteiger partial charge in [-0.15, -0.1) is 0 Å². The van der Waals surface area contributed by atoms with Crippen LogP contribution in [0.5, 0.6) is 11.5 Å². The third kappa shape index (κ3) is 2.10. The van der Waals surface area contributed by atoms with E-state index < -0.39 is 0 Å². The van der Waals surface area contributed by atoms with Crippen molar-refractivity contribution in [2.45, 2.75) is 0 Å². The molecule has 0 saturated heterocycles. The number of phenolic OH excluding ortho intramolecular Hbond substituents is 2. The van der Waals surface area contributed by atoms with Gasteiger partial charge in [0.15, 0.2) is 0 Å². The number of aromatic hydroxyl groups is 2. The summed E-state index contributed by atoms with van der Waals surface area (Å²) in [5.41, 5.74) is 2.71. The number of pyridine rings is 1. The van der Waals surface area contributed by atoms with Gasteiger partial charge in [-0.25, -0.2) is 0 Å². The highest BCUT2D eigenvalue weighted by molar-refractivity contribution is 5.88. The van der Waals surface area contributed by atoms with Crippen LogP contribution < -0.4 is 0 Å². The lowest BCUT2D eigenvalue weighted by molar-refractivity contribution is 0.469. The van der Waals surface area contributed by atoms with Gasteiger partial charge >= 0.3 is 0 Å². The molecule has 0 spiro atoms. The standard InChI is InChI=1S/C17H13NO2/c19-15-9-2-1-6-13(15)17-12(7-5-10-16(17)20)14-8-3-4-11-18-14/h1-11,19-20H. The van der Waals surface area contributed by atoms with Crippen LogP contribution in [0.1, 0.15) is 0 Å². The van der Waals surface area contributed by atoms with Crippen LogP contribution >= 0.6 is 0 Å². The Morgan fingerprint density at radius 3 is 2.10 bits per heavy atom. The number of hydrogen-bond acceptors (Lipinski definition) is 3. The van der Waals surface area contributed by atoms with Crippen molar-refractivity contribution in [2.24, 2.45) is 0 Å². The smallest absolute Gasteiger partial charge is 0.124 e. The zero-order valence-corrected chi connectivity index (χ0v) is 10.7. The molecule has 2 aromatic carbocycles. The van der Waals surface area contributed by atoms with Gasteiger partial charge < -0.3 is 10.2 Å². The highest BCUT2D eigenvalue weighted by atomic mass is 16.3. The molecule has 0 aliphatic heterocycles. The molecule has 20 heavy (non-hydrogen) atoms. The summed E-state index contributed by atoms with van der Waals surface area (Å²) >= 11 is 0. The van der Waals surface area contributed by atoms with Crippen molar-refractivity contribution in [3.05, 3.63) is 66.9 Å². The topological polar surface area (TPSA) is 53.4 Å². The first-order valence-electron chi connectivity index (χ1n) is 6.29. The number of benzene rings is 2. The Labute approximate surface area is 116 Å². The highest BCUT2D eigenvalue weighted by Crippen LogP contribution is 2.41. The van der Waals surface area contributed by atoms with Crippen molar-refractivity contribution >= 4 is 0 Å². The van der Waals surface area contributed by atoms with Gasteiger partial charge in [-0.1, -0.05) is 36.4 Å². The molecular formula is C17H13NO2. The molecule has 0 bridgehead atoms. The first-order valence-corrected chi connectivity index (χ1v) is 6.29. The molecule has 2 N–H and O–H groups in total. The zero-order chi connectivity index (χ0) is 13.9. The number of hydrogen-bond donors (Lipinski definition) is 2. The average molecular weight is 263 g/mol. The molecule has 0 unspecified atom stereocenters. The number of nitrogens with zero attached hydrogens (tertiary/aromatic N) is 1. The van der Waals surface area contributed by atoms with Gasteiger partial charge in [0.2, 0.25) is 0 Å². The normalized spacial score (nSPS) is 10.4. The molecule has 3 rings (SSSR count). The second-order valence-electron chi connectivity index (χ2n) is 4.43. The maximum absolute atomic E-state index is 10.2. The van der Waals surface area contributed by atoms with Crippen molar-refractivity contribution in [1.29, 1.82) is 0 Å². The van der Waals surface area contributed by atoms with Crippen LogP contribution in [-0.4, -0.2) is 15.2 Å². The molecule has 0 aliphatic rings. The van der Waals surface area contributed by atoms with Crippen molar-refractivity contribution in [1.82, 2.24) is 4.98 Å². The summed E-state index contributed by atoms with van der Waals surface area (Å²) in [4.78, 5) is 4.31. The number of phenols is 2. The fraction of sp³-hybridized carbons (Fsp3) is 0. The summed E-state index contributed by atoms with van der Waals surface area (Å²) in [6.07, 6.45) is 1.70. The van der Waals surface area contributed by atoms with E-state index in [9.17, 15) is 10.2 Å². The van der Waals surface area contributed by atoms with Crippen LogP contribution in [0.15, 0.2) is 66.9 Å². The van der Waals surface area contributed by atoms with E-state index >= 15 is 0 Å². The minimum absolute atomic E-state index is 0.120. The van der Waals surface area contributed by atoms with Gasteiger partial charge in [0.05, 0.1) is 5.69 Å². The highest BCUT2D eigenvalue weighted by Gasteiger charge is 2.15. The summed E-state index contributed by atoms with van der Waals surface area (Å²) in [5, 5.41) is 20.2. The maximum atomic E-state index is 10.2. The van der Waals surface area contributed by atoms with Gasteiger partial charge in [-0.2, -0.15) is 0 Å². The quantitative estimate of drug-likeness (QED) is 0.738. The van der Waals surface area contributed by atoms with Crippen molar-refractivity contribution in [2.75, 3.05) is 0 Å². The van der Waals surface area contributed by atoms with Crippen LogP contribution in [0.25, 0.3) is 22.4 Å². The lowest BCUT2D eigenvalue weighted by Gasteiger charge is -2.12. The van der Waals surface area contributed by atoms with Crippen LogP contribution in [-0.2, 0) is 0 Å². The molecule has 1 aromatic heterocycles. The molecule has 0 radical (unpaired) electrons. The van der Waals surface area contributed by atoms with E-state index in [4.69, 9.17) is 0 Å². The summed E-state index contributed by atoms with van der Waals surface area (Å²) in [5.74, 6) is 0.251. The van der Waals surface area contributed by atoms with E-state index in [0.717, 1.165) is 11.3 Å². The molecule has 3 aromatic rings. The van der Waals surface area contributed by atoms with Crippen LogP contribution in [0, 0.1) is 0 Å². The first-order chi connectivity index (χ1) is 9.77. The van der Waals surface area contributed by atoms with E-state index in [1.807, 2.05) is 30.3 Å². The van der Waals surface area contributed by atoms with E-state index in [1.165, 1.54) is 0 Å².